The molecular formula is C22H27N5O2. The van der Waals surface area contributed by atoms with Gasteiger partial charge in [0.1, 0.15) is 0 Å². The minimum Gasteiger partial charge on any atom is -0.493 e. The average Bonchev–Trinajstić information content (AvgIpc) is 3.25. The number of methoxy groups -OCH3 is 2. The molecule has 0 aliphatic heterocycles. The monoisotopic (exact) mass is 393 g/mol. The Bertz CT molecular complexity index is 937. The molecule has 0 radical (unpaired) electrons. The second-order valence-electron chi connectivity index (χ2n) is 6.42. The summed E-state index contributed by atoms with van der Waals surface area (Å²) >= 11 is 0. The second-order valence-corrected chi connectivity index (χ2v) is 6.42. The molecule has 0 atom stereocenters. The molecule has 0 amide bonds. The number of nitrogens with zero attached hydrogens (tertiary/aromatic N) is 3. The molecule has 0 saturated heterocycles. The zero-order chi connectivity index (χ0) is 20.5. The van der Waals surface area contributed by atoms with E-state index in [9.17, 15) is 0 Å². The van der Waals surface area contributed by atoms with Crippen LogP contribution >= 0.6 is 0 Å². The Morgan fingerprint density at radius 3 is 2.52 bits per heavy atom. The molecule has 1 aromatic heterocycles. The number of aromatic nitrogens is 2. The number of guanidine groups is 1. The molecule has 3 aromatic rings. The molecule has 0 unspecified atom stereocenters. The summed E-state index contributed by atoms with van der Waals surface area (Å²) in [5, 5.41) is 11.1. The predicted octanol–water partition coefficient (Wildman–Crippen LogP) is 2.80. The number of hydrogen-bond acceptors (Lipinski definition) is 4. The lowest BCUT2D eigenvalue weighted by atomic mass is 10.1. The van der Waals surface area contributed by atoms with E-state index in [0.717, 1.165) is 47.2 Å². The first-order valence-corrected chi connectivity index (χ1v) is 9.48. The molecule has 29 heavy (non-hydrogen) atoms. The lowest BCUT2D eigenvalue weighted by molar-refractivity contribution is 0.354. The van der Waals surface area contributed by atoms with Crippen LogP contribution in [-0.2, 0) is 13.0 Å². The van der Waals surface area contributed by atoms with Crippen molar-refractivity contribution in [2.45, 2.75) is 13.0 Å². The van der Waals surface area contributed by atoms with Crippen molar-refractivity contribution in [1.29, 1.82) is 0 Å². The third-order valence-electron chi connectivity index (χ3n) is 4.49. The van der Waals surface area contributed by atoms with E-state index in [0.29, 0.717) is 6.54 Å². The standard InChI is InChI=1S/C22H27N5O2/c1-23-22(24-12-11-17-9-10-20(28-2)21(13-17)29-3)25-14-18-15-26-27(16-18)19-7-5-4-6-8-19/h4-10,13,15-16H,11-12,14H2,1-3H3,(H2,23,24,25). The van der Waals surface area contributed by atoms with Crippen molar-refractivity contribution >= 4 is 5.96 Å². The highest BCUT2D eigenvalue weighted by atomic mass is 16.5. The molecule has 7 nitrogen and oxygen atoms in total. The molecule has 3 rings (SSSR count). The summed E-state index contributed by atoms with van der Waals surface area (Å²) in [5.41, 5.74) is 3.28. The lowest BCUT2D eigenvalue weighted by Crippen LogP contribution is -2.37. The molecule has 0 aliphatic rings. The van der Waals surface area contributed by atoms with Crippen LogP contribution in [-0.4, -0.2) is 43.6 Å². The van der Waals surface area contributed by atoms with Gasteiger partial charge in [-0.1, -0.05) is 24.3 Å². The van der Waals surface area contributed by atoms with Crippen molar-refractivity contribution < 1.29 is 9.47 Å². The van der Waals surface area contributed by atoms with Crippen LogP contribution in [0.1, 0.15) is 11.1 Å². The molecule has 152 valence electrons. The second kappa shape index (κ2) is 10.2. The smallest absolute Gasteiger partial charge is 0.191 e. The largest absolute Gasteiger partial charge is 0.493 e. The van der Waals surface area contributed by atoms with Gasteiger partial charge >= 0.3 is 0 Å². The van der Waals surface area contributed by atoms with E-state index in [1.54, 1.807) is 21.3 Å². The topological polar surface area (TPSA) is 72.7 Å². The molecule has 0 fully saturated rings. The van der Waals surface area contributed by atoms with Crippen LogP contribution in [0.2, 0.25) is 0 Å². The van der Waals surface area contributed by atoms with Crippen molar-refractivity contribution in [2.75, 3.05) is 27.8 Å². The normalized spacial score (nSPS) is 11.2. The van der Waals surface area contributed by atoms with E-state index >= 15 is 0 Å². The SMILES string of the molecule is CN=C(NCCc1ccc(OC)c(OC)c1)NCc1cnn(-c2ccccc2)c1. The Kier molecular flexibility index (Phi) is 7.10. The maximum atomic E-state index is 5.36. The van der Waals surface area contributed by atoms with Gasteiger partial charge in [-0.05, 0) is 36.2 Å². The number of ether oxygens (including phenoxy) is 2. The minimum absolute atomic E-state index is 0.642. The summed E-state index contributed by atoms with van der Waals surface area (Å²) in [6.45, 7) is 1.39. The fraction of sp³-hybridized carbons (Fsp3) is 0.273. The number of aliphatic imine (C=N–C) groups is 1. The Morgan fingerprint density at radius 1 is 1.00 bits per heavy atom. The highest BCUT2D eigenvalue weighted by molar-refractivity contribution is 5.79. The zero-order valence-electron chi connectivity index (χ0n) is 17.1. The molecular weight excluding hydrogens is 366 g/mol. The van der Waals surface area contributed by atoms with Gasteiger partial charge < -0.3 is 20.1 Å². The minimum atomic E-state index is 0.642. The van der Waals surface area contributed by atoms with Crippen LogP contribution < -0.4 is 20.1 Å². The first-order chi connectivity index (χ1) is 14.2. The highest BCUT2D eigenvalue weighted by Gasteiger charge is 2.06. The van der Waals surface area contributed by atoms with E-state index in [2.05, 4.69) is 20.7 Å². The van der Waals surface area contributed by atoms with Crippen molar-refractivity contribution in [3.8, 4) is 17.2 Å². The number of para-hydroxylation sites is 1. The van der Waals surface area contributed by atoms with Gasteiger partial charge in [0, 0.05) is 31.9 Å². The molecule has 2 aromatic carbocycles. The van der Waals surface area contributed by atoms with Crippen LogP contribution in [0.25, 0.3) is 5.69 Å². The van der Waals surface area contributed by atoms with Crippen LogP contribution in [0.15, 0.2) is 65.9 Å². The molecule has 0 saturated carbocycles. The predicted molar refractivity (Wildman–Crippen MR) is 115 cm³/mol. The number of benzene rings is 2. The van der Waals surface area contributed by atoms with Gasteiger partial charge in [0.2, 0.25) is 0 Å². The molecule has 0 bridgehead atoms. The van der Waals surface area contributed by atoms with Gasteiger partial charge in [-0.3, -0.25) is 4.99 Å². The Hall–Kier alpha value is -3.48. The van der Waals surface area contributed by atoms with Gasteiger partial charge in [-0.2, -0.15) is 5.10 Å². The fourth-order valence-corrected chi connectivity index (χ4v) is 2.94. The maximum Gasteiger partial charge on any atom is 0.191 e. The van der Waals surface area contributed by atoms with Crippen molar-refractivity contribution in [1.82, 2.24) is 20.4 Å². The van der Waals surface area contributed by atoms with Crippen LogP contribution in [0.5, 0.6) is 11.5 Å². The van der Waals surface area contributed by atoms with Gasteiger partial charge in [0.25, 0.3) is 0 Å². The molecule has 1 heterocycles. The summed E-state index contributed by atoms with van der Waals surface area (Å²) in [5.74, 6) is 2.22. The van der Waals surface area contributed by atoms with Crippen LogP contribution in [0.4, 0.5) is 0 Å². The van der Waals surface area contributed by atoms with Crippen molar-refractivity contribution in [3.05, 3.63) is 72.1 Å². The van der Waals surface area contributed by atoms with E-state index in [1.165, 1.54) is 0 Å². The highest BCUT2D eigenvalue weighted by Crippen LogP contribution is 2.27. The van der Waals surface area contributed by atoms with Gasteiger partial charge in [-0.15, -0.1) is 0 Å². The van der Waals surface area contributed by atoms with Crippen LogP contribution in [0, 0.1) is 0 Å². The Morgan fingerprint density at radius 2 is 1.79 bits per heavy atom. The first-order valence-electron chi connectivity index (χ1n) is 9.48. The van der Waals surface area contributed by atoms with E-state index in [-0.39, 0.29) is 0 Å². The first kappa shape index (κ1) is 20.3. The number of rotatable bonds is 8. The lowest BCUT2D eigenvalue weighted by Gasteiger charge is -2.12. The summed E-state index contributed by atoms with van der Waals surface area (Å²) < 4.78 is 12.5. The summed E-state index contributed by atoms with van der Waals surface area (Å²) in [6, 6.07) is 16.0. The fourth-order valence-electron chi connectivity index (χ4n) is 2.94. The summed E-state index contributed by atoms with van der Waals surface area (Å²) in [7, 11) is 5.04. The zero-order valence-corrected chi connectivity index (χ0v) is 17.1. The molecule has 7 heteroatoms. The van der Waals surface area contributed by atoms with E-state index < -0.39 is 0 Å². The maximum absolute atomic E-state index is 5.36. The van der Waals surface area contributed by atoms with Crippen molar-refractivity contribution in [3.63, 3.8) is 0 Å². The molecule has 0 aliphatic carbocycles. The third kappa shape index (κ3) is 5.51. The summed E-state index contributed by atoms with van der Waals surface area (Å²) in [6.07, 6.45) is 4.71. The summed E-state index contributed by atoms with van der Waals surface area (Å²) in [4.78, 5) is 4.28. The van der Waals surface area contributed by atoms with Gasteiger partial charge in [0.15, 0.2) is 17.5 Å². The third-order valence-corrected chi connectivity index (χ3v) is 4.49. The van der Waals surface area contributed by atoms with Gasteiger partial charge in [-0.25, -0.2) is 4.68 Å². The molecule has 0 spiro atoms. The van der Waals surface area contributed by atoms with E-state index in [1.807, 2.05) is 65.6 Å². The quantitative estimate of drug-likeness (QED) is 0.455. The average molecular weight is 393 g/mol. The van der Waals surface area contributed by atoms with Crippen LogP contribution in [0.3, 0.4) is 0 Å². The van der Waals surface area contributed by atoms with E-state index in [4.69, 9.17) is 9.47 Å². The molecule has 2 N–H and O–H groups in total. The van der Waals surface area contributed by atoms with Crippen molar-refractivity contribution in [2.24, 2.45) is 4.99 Å². The number of hydrogen-bond donors (Lipinski definition) is 2. The number of nitrogens with one attached hydrogen (secondary N) is 2. The Balaban J connectivity index is 1.48. The van der Waals surface area contributed by atoms with Gasteiger partial charge in [0.05, 0.1) is 26.1 Å². The Labute approximate surface area is 171 Å².